The third kappa shape index (κ3) is 2.03. The van der Waals surface area contributed by atoms with E-state index >= 15 is 0 Å². The Morgan fingerprint density at radius 2 is 2.07 bits per heavy atom. The Kier molecular flexibility index (Phi) is 3.03. The normalized spacial score (nSPS) is 16.5. The fraction of sp³-hybridized carbons (Fsp3) is 0.462. The Balaban J connectivity index is 2.30. The van der Waals surface area contributed by atoms with E-state index in [1.165, 1.54) is 31.2 Å². The first-order valence-electron chi connectivity index (χ1n) is 5.49. The monoisotopic (exact) mass is 201 g/mol. The van der Waals surface area contributed by atoms with Crippen LogP contribution in [0.5, 0.6) is 0 Å². The molecule has 1 saturated carbocycles. The maximum Gasteiger partial charge on any atom is 0.0995 e. The van der Waals surface area contributed by atoms with Crippen molar-refractivity contribution in [2.24, 2.45) is 0 Å². The summed E-state index contributed by atoms with van der Waals surface area (Å²) in [6.45, 7) is -0.0478. The molecule has 1 aliphatic carbocycles. The van der Waals surface area contributed by atoms with Crippen molar-refractivity contribution < 1.29 is 5.11 Å². The van der Waals surface area contributed by atoms with Crippen LogP contribution in [0, 0.1) is 11.3 Å². The lowest BCUT2D eigenvalue weighted by Crippen LogP contribution is -1.96. The van der Waals surface area contributed by atoms with Crippen molar-refractivity contribution in [2.45, 2.75) is 38.2 Å². The molecular formula is C13H15NO. The second kappa shape index (κ2) is 4.46. The van der Waals surface area contributed by atoms with Crippen LogP contribution in [0.1, 0.15) is 48.3 Å². The van der Waals surface area contributed by atoms with Gasteiger partial charge in [0.25, 0.3) is 0 Å². The van der Waals surface area contributed by atoms with Gasteiger partial charge in [0.1, 0.15) is 0 Å². The van der Waals surface area contributed by atoms with E-state index in [1.54, 1.807) is 0 Å². The Hall–Kier alpha value is -1.33. The zero-order chi connectivity index (χ0) is 10.7. The van der Waals surface area contributed by atoms with Gasteiger partial charge >= 0.3 is 0 Å². The van der Waals surface area contributed by atoms with Gasteiger partial charge in [0.05, 0.1) is 18.2 Å². The lowest BCUT2D eigenvalue weighted by Gasteiger charge is -2.10. The average Bonchev–Trinajstić information content (AvgIpc) is 2.81. The molecule has 0 unspecified atom stereocenters. The second-order valence-electron chi connectivity index (χ2n) is 4.17. The first-order valence-corrected chi connectivity index (χ1v) is 5.49. The van der Waals surface area contributed by atoms with Crippen LogP contribution in [-0.2, 0) is 6.61 Å². The number of aliphatic hydroxyl groups is 1. The molecule has 0 aliphatic heterocycles. The average molecular weight is 201 g/mol. The van der Waals surface area contributed by atoms with Crippen LogP contribution in [-0.4, -0.2) is 5.11 Å². The van der Waals surface area contributed by atoms with Crippen LogP contribution < -0.4 is 0 Å². The molecular weight excluding hydrogens is 186 g/mol. The molecule has 15 heavy (non-hydrogen) atoms. The van der Waals surface area contributed by atoms with Crippen molar-refractivity contribution in [1.29, 1.82) is 5.26 Å². The molecule has 0 aromatic heterocycles. The van der Waals surface area contributed by atoms with Gasteiger partial charge in [0.2, 0.25) is 0 Å². The molecule has 78 valence electrons. The van der Waals surface area contributed by atoms with Gasteiger partial charge in [-0.15, -0.1) is 0 Å². The highest BCUT2D eigenvalue weighted by atomic mass is 16.3. The van der Waals surface area contributed by atoms with Gasteiger partial charge in [-0.1, -0.05) is 25.0 Å². The lowest BCUT2D eigenvalue weighted by atomic mass is 9.94. The highest BCUT2D eigenvalue weighted by Crippen LogP contribution is 2.34. The highest BCUT2D eigenvalue weighted by Gasteiger charge is 2.17. The van der Waals surface area contributed by atoms with Gasteiger partial charge in [-0.05, 0) is 36.0 Å². The fourth-order valence-corrected chi connectivity index (χ4v) is 2.35. The molecule has 2 heteroatoms. The maximum atomic E-state index is 9.05. The number of hydrogen-bond acceptors (Lipinski definition) is 2. The van der Waals surface area contributed by atoms with Crippen LogP contribution in [0.15, 0.2) is 18.2 Å². The zero-order valence-electron chi connectivity index (χ0n) is 8.74. The van der Waals surface area contributed by atoms with Crippen molar-refractivity contribution in [3.8, 4) is 6.07 Å². The molecule has 0 heterocycles. The molecule has 0 bridgehead atoms. The maximum absolute atomic E-state index is 9.05. The number of nitriles is 1. The molecule has 1 aromatic rings. The van der Waals surface area contributed by atoms with E-state index in [9.17, 15) is 0 Å². The molecule has 1 N–H and O–H groups in total. The smallest absolute Gasteiger partial charge is 0.0995 e. The van der Waals surface area contributed by atoms with E-state index in [4.69, 9.17) is 10.4 Å². The molecule has 2 rings (SSSR count). The van der Waals surface area contributed by atoms with Gasteiger partial charge in [0, 0.05) is 0 Å². The van der Waals surface area contributed by atoms with Crippen LogP contribution in [0.2, 0.25) is 0 Å². The molecule has 0 amide bonds. The van der Waals surface area contributed by atoms with E-state index in [-0.39, 0.29) is 6.61 Å². The third-order valence-corrected chi connectivity index (χ3v) is 3.25. The summed E-state index contributed by atoms with van der Waals surface area (Å²) < 4.78 is 0. The summed E-state index contributed by atoms with van der Waals surface area (Å²) in [7, 11) is 0. The summed E-state index contributed by atoms with van der Waals surface area (Å²) in [4.78, 5) is 0. The van der Waals surface area contributed by atoms with Gasteiger partial charge in [-0.3, -0.25) is 0 Å². The summed E-state index contributed by atoms with van der Waals surface area (Å²) in [6.07, 6.45) is 5.08. The summed E-state index contributed by atoms with van der Waals surface area (Å²) in [6, 6.07) is 8.04. The van der Waals surface area contributed by atoms with Crippen molar-refractivity contribution >= 4 is 0 Å². The highest BCUT2D eigenvalue weighted by molar-refractivity contribution is 5.41. The van der Waals surface area contributed by atoms with Gasteiger partial charge in [0.15, 0.2) is 0 Å². The van der Waals surface area contributed by atoms with Crippen molar-refractivity contribution in [1.82, 2.24) is 0 Å². The SMILES string of the molecule is N#Cc1cc(C2CCCC2)ccc1CO. The summed E-state index contributed by atoms with van der Waals surface area (Å²) >= 11 is 0. The zero-order valence-corrected chi connectivity index (χ0v) is 8.74. The number of hydrogen-bond donors (Lipinski definition) is 1. The van der Waals surface area contributed by atoms with Gasteiger partial charge < -0.3 is 5.11 Å². The Morgan fingerprint density at radius 3 is 2.67 bits per heavy atom. The van der Waals surface area contributed by atoms with Gasteiger partial charge in [-0.25, -0.2) is 0 Å². The number of nitrogens with zero attached hydrogens (tertiary/aromatic N) is 1. The summed E-state index contributed by atoms with van der Waals surface area (Å²) in [5, 5.41) is 18.0. The van der Waals surface area contributed by atoms with E-state index in [0.29, 0.717) is 11.5 Å². The topological polar surface area (TPSA) is 44.0 Å². The molecule has 0 spiro atoms. The fourth-order valence-electron chi connectivity index (χ4n) is 2.35. The molecule has 1 aromatic carbocycles. The standard InChI is InChI=1S/C13H15NO/c14-8-13-7-11(5-6-12(13)9-15)10-3-1-2-4-10/h5-7,10,15H,1-4,9H2. The predicted octanol–water partition coefficient (Wildman–Crippen LogP) is 2.71. The van der Waals surface area contributed by atoms with Gasteiger partial charge in [-0.2, -0.15) is 5.26 Å². The minimum Gasteiger partial charge on any atom is -0.392 e. The van der Waals surface area contributed by atoms with Crippen molar-refractivity contribution in [2.75, 3.05) is 0 Å². The Labute approximate surface area is 90.2 Å². The Morgan fingerprint density at radius 1 is 1.33 bits per heavy atom. The van der Waals surface area contributed by atoms with Crippen LogP contribution in [0.4, 0.5) is 0 Å². The van der Waals surface area contributed by atoms with Crippen molar-refractivity contribution in [3.05, 3.63) is 34.9 Å². The first-order chi connectivity index (χ1) is 7.35. The second-order valence-corrected chi connectivity index (χ2v) is 4.17. The van der Waals surface area contributed by atoms with Crippen LogP contribution in [0.25, 0.3) is 0 Å². The summed E-state index contributed by atoms with van der Waals surface area (Å²) in [5.74, 6) is 0.629. The minimum absolute atomic E-state index is 0.0478. The van der Waals surface area contributed by atoms with E-state index in [1.807, 2.05) is 12.1 Å². The van der Waals surface area contributed by atoms with Crippen LogP contribution in [0.3, 0.4) is 0 Å². The van der Waals surface area contributed by atoms with E-state index < -0.39 is 0 Å². The number of aliphatic hydroxyl groups excluding tert-OH is 1. The van der Waals surface area contributed by atoms with Crippen LogP contribution >= 0.6 is 0 Å². The molecule has 0 saturated heterocycles. The lowest BCUT2D eigenvalue weighted by molar-refractivity contribution is 0.281. The van der Waals surface area contributed by atoms with Crippen molar-refractivity contribution in [3.63, 3.8) is 0 Å². The predicted molar refractivity (Wildman–Crippen MR) is 58.3 cm³/mol. The summed E-state index contributed by atoms with van der Waals surface area (Å²) in [5.41, 5.74) is 2.63. The minimum atomic E-state index is -0.0478. The quantitative estimate of drug-likeness (QED) is 0.799. The molecule has 1 fully saturated rings. The van der Waals surface area contributed by atoms with E-state index in [2.05, 4.69) is 12.1 Å². The molecule has 2 nitrogen and oxygen atoms in total. The number of rotatable bonds is 2. The molecule has 0 atom stereocenters. The molecule has 1 aliphatic rings. The largest absolute Gasteiger partial charge is 0.392 e. The van der Waals surface area contributed by atoms with E-state index in [0.717, 1.165) is 5.56 Å². The first kappa shape index (κ1) is 10.2. The third-order valence-electron chi connectivity index (χ3n) is 3.25. The molecule has 0 radical (unpaired) electrons. The number of benzene rings is 1. The Bertz CT molecular complexity index is 386.